The summed E-state index contributed by atoms with van der Waals surface area (Å²) in [5, 5.41) is 0. The number of rotatable bonds is 2. The summed E-state index contributed by atoms with van der Waals surface area (Å²) < 4.78 is 3.60. The summed E-state index contributed by atoms with van der Waals surface area (Å²) in [6, 6.07) is 0. The Hall–Kier alpha value is 0.423. The average molecular weight is 362 g/mol. The third kappa shape index (κ3) is 3.30. The maximum absolute atomic E-state index is 2.39. The zero-order chi connectivity index (χ0) is 11.9. The van der Waals surface area contributed by atoms with Crippen LogP contribution in [0.1, 0.15) is 41.0 Å². The predicted molar refractivity (Wildman–Crippen MR) is 66.7 cm³/mol. The first-order valence-corrected chi connectivity index (χ1v) is 8.50. The normalized spacial score (nSPS) is 22.2. The molecule has 0 radical (unpaired) electrons. The molecule has 0 aromatic heterocycles. The van der Waals surface area contributed by atoms with Crippen molar-refractivity contribution in [3.05, 3.63) is 41.0 Å². The van der Waals surface area contributed by atoms with Crippen LogP contribution in [0.3, 0.4) is 0 Å². The maximum atomic E-state index is 2.39. The van der Waals surface area contributed by atoms with Gasteiger partial charge in [0.15, 0.2) is 0 Å². The smallest absolute Gasteiger partial charge is 1.00 e. The Morgan fingerprint density at radius 1 is 1.06 bits per heavy atom. The van der Waals surface area contributed by atoms with Crippen LogP contribution in [0.25, 0.3) is 0 Å². The fourth-order valence-electron chi connectivity index (χ4n) is 2.49. The largest absolute Gasteiger partial charge is 1.00 e. The molecule has 3 heteroatoms. The van der Waals surface area contributed by atoms with Crippen molar-refractivity contribution >= 4 is 0 Å². The second kappa shape index (κ2) is 7.27. The maximum Gasteiger partial charge on any atom is -1.00 e. The molecule has 0 aromatic carbocycles. The number of allylic oxidation sites excluding steroid dienone is 8. The first-order valence-electron chi connectivity index (χ1n) is 6.04. The number of hydrogen-bond donors (Lipinski definition) is 0. The van der Waals surface area contributed by atoms with Crippen LogP contribution in [0, 0.1) is 5.92 Å². The molecule has 1 unspecified atom stereocenters. The van der Waals surface area contributed by atoms with Crippen LogP contribution in [0.2, 0.25) is 0 Å². The van der Waals surface area contributed by atoms with Gasteiger partial charge in [-0.25, -0.2) is 0 Å². The van der Waals surface area contributed by atoms with Crippen LogP contribution in [0.15, 0.2) is 41.0 Å². The Labute approximate surface area is 135 Å². The topological polar surface area (TPSA) is 0 Å². The summed E-state index contributed by atoms with van der Waals surface area (Å²) in [5.41, 5.74) is 6.34. The van der Waals surface area contributed by atoms with E-state index in [0.29, 0.717) is 0 Å². The molecule has 2 rings (SSSR count). The summed E-state index contributed by atoms with van der Waals surface area (Å²) in [4.78, 5) is 0. The van der Waals surface area contributed by atoms with Crippen molar-refractivity contribution in [3.63, 3.8) is 0 Å². The van der Waals surface area contributed by atoms with Gasteiger partial charge in [-0.05, 0) is 0 Å². The number of halogens is 2. The van der Waals surface area contributed by atoms with Gasteiger partial charge < -0.3 is 24.8 Å². The van der Waals surface area contributed by atoms with E-state index in [9.17, 15) is 0 Å². The van der Waals surface area contributed by atoms with Crippen LogP contribution in [0.4, 0.5) is 0 Å². The van der Waals surface area contributed by atoms with E-state index in [1.165, 1.54) is 6.42 Å². The molecule has 0 saturated carbocycles. The standard InChI is InChI=1S/C9H13.C6H7.2ClH.Zr/c1-6-5-7(2)9(4)8(6)3;1-6-4-2-3-5-6;;;/h6H,1-4H3;2,4H,3H2,1H3;2*1H;/q;;;;+2/p-2. The molecule has 2 aliphatic carbocycles. The van der Waals surface area contributed by atoms with E-state index >= 15 is 0 Å². The fraction of sp³-hybridized carbons (Fsp3) is 0.467. The van der Waals surface area contributed by atoms with Gasteiger partial charge in [-0.15, -0.1) is 0 Å². The van der Waals surface area contributed by atoms with Crippen LogP contribution in [-0.2, 0) is 23.2 Å². The third-order valence-electron chi connectivity index (χ3n) is 4.09. The third-order valence-corrected chi connectivity index (χ3v) is 8.95. The minimum atomic E-state index is -0.493. The summed E-state index contributed by atoms with van der Waals surface area (Å²) in [6.07, 6.45) is 5.87. The Bertz CT molecular complexity index is 453. The van der Waals surface area contributed by atoms with Crippen molar-refractivity contribution in [1.82, 2.24) is 0 Å². The Balaban J connectivity index is 0.00000144. The van der Waals surface area contributed by atoms with Crippen LogP contribution in [0.5, 0.6) is 0 Å². The fourth-order valence-corrected chi connectivity index (χ4v) is 6.51. The van der Waals surface area contributed by atoms with Crippen LogP contribution < -0.4 is 24.8 Å². The molecule has 0 aromatic rings. The minimum Gasteiger partial charge on any atom is -1.00 e. The van der Waals surface area contributed by atoms with Gasteiger partial charge in [0.25, 0.3) is 0 Å². The van der Waals surface area contributed by atoms with Crippen molar-refractivity contribution in [1.29, 1.82) is 0 Å². The van der Waals surface area contributed by atoms with Gasteiger partial charge in [0, 0.05) is 0 Å². The Kier molecular flexibility index (Phi) is 7.44. The Morgan fingerprint density at radius 2 is 1.67 bits per heavy atom. The molecular formula is C15H20Cl2Zr. The zero-order valence-corrected chi connectivity index (χ0v) is 15.7. The molecule has 0 nitrogen and oxygen atoms in total. The van der Waals surface area contributed by atoms with Crippen molar-refractivity contribution in [2.24, 2.45) is 5.92 Å². The van der Waals surface area contributed by atoms with Gasteiger partial charge in [0.05, 0.1) is 0 Å². The second-order valence-electron chi connectivity index (χ2n) is 4.96. The molecule has 2 aliphatic rings. The van der Waals surface area contributed by atoms with E-state index in [0.717, 1.165) is 5.92 Å². The molecule has 0 spiro atoms. The summed E-state index contributed by atoms with van der Waals surface area (Å²) in [6.45, 7) is 11.6. The molecular weight excluding hydrogens is 342 g/mol. The first kappa shape index (κ1) is 18.4. The van der Waals surface area contributed by atoms with E-state index in [1.807, 2.05) is 3.28 Å². The van der Waals surface area contributed by atoms with Gasteiger partial charge in [0.2, 0.25) is 0 Å². The Morgan fingerprint density at radius 3 is 2.06 bits per heavy atom. The second-order valence-corrected chi connectivity index (χ2v) is 8.38. The van der Waals surface area contributed by atoms with Gasteiger partial charge in [-0.2, -0.15) is 0 Å². The minimum absolute atomic E-state index is 0. The predicted octanol–water partition coefficient (Wildman–Crippen LogP) is -1.43. The van der Waals surface area contributed by atoms with Crippen LogP contribution >= 0.6 is 0 Å². The average Bonchev–Trinajstić information content (AvgIpc) is 2.73. The number of hydrogen-bond acceptors (Lipinski definition) is 0. The van der Waals surface area contributed by atoms with Crippen molar-refractivity contribution in [3.8, 4) is 0 Å². The first-order chi connectivity index (χ1) is 7.52. The molecule has 0 aliphatic heterocycles. The molecule has 0 saturated heterocycles. The van der Waals surface area contributed by atoms with Crippen molar-refractivity contribution in [2.45, 2.75) is 41.0 Å². The molecule has 0 heterocycles. The monoisotopic (exact) mass is 360 g/mol. The van der Waals surface area contributed by atoms with Gasteiger partial charge >= 0.3 is 111 Å². The van der Waals surface area contributed by atoms with E-state index in [-0.39, 0.29) is 24.8 Å². The molecule has 0 fully saturated rings. The zero-order valence-electron chi connectivity index (χ0n) is 11.7. The van der Waals surface area contributed by atoms with Crippen molar-refractivity contribution < 1.29 is 48.0 Å². The molecule has 0 amide bonds. The van der Waals surface area contributed by atoms with Gasteiger partial charge in [-0.1, -0.05) is 0 Å². The molecule has 0 bridgehead atoms. The SMILES string of the molecule is CC1=[C]([Zr+2][C]2=C(C)C(C)=C(C)C2C)CC=C1.[Cl-].[Cl-]. The quantitative estimate of drug-likeness (QED) is 0.565. The molecule has 98 valence electrons. The van der Waals surface area contributed by atoms with E-state index in [1.54, 1.807) is 25.6 Å². The van der Waals surface area contributed by atoms with Gasteiger partial charge in [-0.3, -0.25) is 0 Å². The molecule has 18 heavy (non-hydrogen) atoms. The molecule has 1 atom stereocenters. The van der Waals surface area contributed by atoms with Crippen molar-refractivity contribution in [2.75, 3.05) is 0 Å². The van der Waals surface area contributed by atoms with E-state index in [2.05, 4.69) is 46.8 Å². The summed E-state index contributed by atoms with van der Waals surface area (Å²) in [5.74, 6) is 0.729. The molecule has 0 N–H and O–H groups in total. The van der Waals surface area contributed by atoms with E-state index < -0.39 is 23.2 Å². The summed E-state index contributed by atoms with van der Waals surface area (Å²) >= 11 is -0.493. The van der Waals surface area contributed by atoms with Gasteiger partial charge in [0.1, 0.15) is 0 Å². The summed E-state index contributed by atoms with van der Waals surface area (Å²) in [7, 11) is 0. The van der Waals surface area contributed by atoms with E-state index in [4.69, 9.17) is 0 Å². The van der Waals surface area contributed by atoms with Crippen LogP contribution in [-0.4, -0.2) is 0 Å².